The lowest BCUT2D eigenvalue weighted by molar-refractivity contribution is -0.145. The number of hydrogen-bond acceptors (Lipinski definition) is 10. The van der Waals surface area contributed by atoms with E-state index in [2.05, 4.69) is 26.6 Å². The molecule has 0 aliphatic carbocycles. The number of aliphatic hydroxyl groups is 1. The molecule has 0 aromatic carbocycles. The summed E-state index contributed by atoms with van der Waals surface area (Å²) in [7, 11) is 0. The van der Waals surface area contributed by atoms with Crippen molar-refractivity contribution in [2.45, 2.75) is 142 Å². The zero-order valence-electron chi connectivity index (χ0n) is 30.5. The predicted molar refractivity (Wildman–Crippen MR) is 185 cm³/mol. The molecular formula is C33H60N8O9. The maximum atomic E-state index is 13.6. The highest BCUT2D eigenvalue weighted by Crippen LogP contribution is 2.21. The smallest absolute Gasteiger partial charge is 0.328 e. The van der Waals surface area contributed by atoms with Gasteiger partial charge in [-0.25, -0.2) is 4.79 Å². The Morgan fingerprint density at radius 1 is 0.740 bits per heavy atom. The van der Waals surface area contributed by atoms with Crippen LogP contribution in [0.4, 0.5) is 0 Å². The third kappa shape index (κ3) is 14.6. The molecule has 1 fully saturated rings. The number of nitrogens with two attached hydrogens (primary N) is 2. The molecule has 1 aliphatic heterocycles. The Kier molecular flexibility index (Phi) is 18.9. The fourth-order valence-electron chi connectivity index (χ4n) is 5.55. The molecule has 0 unspecified atom stereocenters. The molecular weight excluding hydrogens is 652 g/mol. The Hall–Kier alpha value is -3.83. The van der Waals surface area contributed by atoms with Crippen molar-refractivity contribution >= 4 is 41.4 Å². The molecule has 0 radical (unpaired) electrons. The number of rotatable bonds is 21. The van der Waals surface area contributed by atoms with Gasteiger partial charge in [-0.05, 0) is 84.1 Å². The van der Waals surface area contributed by atoms with Gasteiger partial charge in [0.15, 0.2) is 6.04 Å². The number of carboxylic acids is 1. The molecule has 0 bridgehead atoms. The number of amides is 6. The number of likely N-dealkylation sites (tertiary alicyclic amines) is 1. The molecule has 0 saturated carbocycles. The summed E-state index contributed by atoms with van der Waals surface area (Å²) in [5, 5.41) is 31.9. The number of carboxylic acid groups (broad SMARTS) is 1. The Labute approximate surface area is 294 Å². The summed E-state index contributed by atoms with van der Waals surface area (Å²) in [6.07, 6.45) is 1.39. The number of aliphatic hydroxyl groups excluding tert-OH is 1. The molecule has 1 heterocycles. The second-order valence-electron chi connectivity index (χ2n) is 14.0. The number of nitrogens with one attached hydrogen (secondary N) is 5. The highest BCUT2D eigenvalue weighted by Gasteiger charge is 2.39. The largest absolute Gasteiger partial charge is 0.480 e. The average molecular weight is 713 g/mol. The quantitative estimate of drug-likeness (QED) is 0.0615. The third-order valence-electron chi connectivity index (χ3n) is 8.29. The molecule has 50 heavy (non-hydrogen) atoms. The summed E-state index contributed by atoms with van der Waals surface area (Å²) in [4.78, 5) is 92.0. The molecule has 8 atom stereocenters. The van der Waals surface area contributed by atoms with Crippen LogP contribution in [0, 0.1) is 11.8 Å². The molecule has 286 valence electrons. The lowest BCUT2D eigenvalue weighted by Crippen LogP contribution is -2.59. The molecule has 1 rings (SSSR count). The second kappa shape index (κ2) is 21.4. The Morgan fingerprint density at radius 2 is 1.28 bits per heavy atom. The molecule has 0 spiro atoms. The molecule has 1 aliphatic rings. The van der Waals surface area contributed by atoms with Crippen LogP contribution in [0.2, 0.25) is 0 Å². The van der Waals surface area contributed by atoms with E-state index in [1.165, 1.54) is 25.7 Å². The summed E-state index contributed by atoms with van der Waals surface area (Å²) >= 11 is 0. The van der Waals surface area contributed by atoms with Crippen LogP contribution in [0.5, 0.6) is 0 Å². The van der Waals surface area contributed by atoms with Crippen molar-refractivity contribution in [2.75, 3.05) is 13.1 Å². The third-order valence-corrected chi connectivity index (χ3v) is 8.29. The van der Waals surface area contributed by atoms with E-state index in [9.17, 15) is 43.8 Å². The van der Waals surface area contributed by atoms with E-state index in [4.69, 9.17) is 11.5 Å². The van der Waals surface area contributed by atoms with E-state index >= 15 is 0 Å². The van der Waals surface area contributed by atoms with Crippen molar-refractivity contribution < 1.29 is 43.8 Å². The molecule has 1 saturated heterocycles. The highest BCUT2D eigenvalue weighted by atomic mass is 16.4. The van der Waals surface area contributed by atoms with E-state index in [0.29, 0.717) is 38.6 Å². The van der Waals surface area contributed by atoms with Gasteiger partial charge < -0.3 is 53.2 Å². The number of nitrogens with zero attached hydrogens (tertiary/aromatic N) is 1. The van der Waals surface area contributed by atoms with Gasteiger partial charge in [0.25, 0.3) is 0 Å². The van der Waals surface area contributed by atoms with Gasteiger partial charge in [0.2, 0.25) is 35.4 Å². The summed E-state index contributed by atoms with van der Waals surface area (Å²) in [6.45, 7) is 12.1. The van der Waals surface area contributed by atoms with Crippen molar-refractivity contribution in [2.24, 2.45) is 23.3 Å². The van der Waals surface area contributed by atoms with Crippen molar-refractivity contribution in [1.82, 2.24) is 31.5 Å². The first-order valence-electron chi connectivity index (χ1n) is 17.5. The SMILES string of the molecule is CC(C)C[C@H](NC(=O)[C@H](C)NC(=O)[C@H](CC(C)C)NC(=O)[C@@H]1CCCN1C(=O)[C@H](CCCCN)NC(=O)[C@H](C)N)C(=O)N[C@H](C(=O)O)[C@@H](C)O. The zero-order valence-corrected chi connectivity index (χ0v) is 30.5. The van der Waals surface area contributed by atoms with Crippen LogP contribution in [0.3, 0.4) is 0 Å². The Balaban J connectivity index is 3.07. The number of unbranched alkanes of at least 4 members (excludes halogenated alkanes) is 1. The normalized spacial score (nSPS) is 18.6. The lowest BCUT2D eigenvalue weighted by Gasteiger charge is -2.30. The van der Waals surface area contributed by atoms with Crippen LogP contribution < -0.4 is 38.1 Å². The van der Waals surface area contributed by atoms with E-state index in [0.717, 1.165) is 0 Å². The molecule has 6 amide bonds. The fourth-order valence-corrected chi connectivity index (χ4v) is 5.55. The topological polar surface area (TPSA) is 275 Å². The van der Waals surface area contributed by atoms with Crippen LogP contribution >= 0.6 is 0 Å². The molecule has 0 aromatic rings. The van der Waals surface area contributed by atoms with Gasteiger partial charge in [0, 0.05) is 6.54 Å². The number of carbonyl (C=O) groups excluding carboxylic acids is 6. The highest BCUT2D eigenvalue weighted by molar-refractivity contribution is 5.97. The fraction of sp³-hybridized carbons (Fsp3) is 0.788. The van der Waals surface area contributed by atoms with Crippen LogP contribution in [-0.2, 0) is 33.6 Å². The van der Waals surface area contributed by atoms with Gasteiger partial charge in [0.1, 0.15) is 30.2 Å². The second-order valence-corrected chi connectivity index (χ2v) is 14.0. The van der Waals surface area contributed by atoms with Gasteiger partial charge in [0.05, 0.1) is 12.1 Å². The molecule has 17 nitrogen and oxygen atoms in total. The van der Waals surface area contributed by atoms with E-state index in [1.54, 1.807) is 13.8 Å². The Bertz CT molecular complexity index is 1180. The van der Waals surface area contributed by atoms with Crippen LogP contribution in [0.25, 0.3) is 0 Å². The maximum absolute atomic E-state index is 13.6. The summed E-state index contributed by atoms with van der Waals surface area (Å²) in [6, 6.07) is -7.59. The van der Waals surface area contributed by atoms with E-state index in [-0.39, 0.29) is 31.2 Å². The lowest BCUT2D eigenvalue weighted by atomic mass is 10.0. The summed E-state index contributed by atoms with van der Waals surface area (Å²) in [5.41, 5.74) is 11.3. The minimum absolute atomic E-state index is 0.0490. The Morgan fingerprint density at radius 3 is 1.78 bits per heavy atom. The minimum atomic E-state index is -1.59. The molecule has 11 N–H and O–H groups in total. The van der Waals surface area contributed by atoms with Gasteiger partial charge in [-0.3, -0.25) is 28.8 Å². The average Bonchev–Trinajstić information content (AvgIpc) is 3.51. The van der Waals surface area contributed by atoms with Gasteiger partial charge in [-0.1, -0.05) is 27.7 Å². The predicted octanol–water partition coefficient (Wildman–Crippen LogP) is -1.54. The first kappa shape index (κ1) is 44.2. The number of aliphatic carboxylic acids is 1. The molecule has 17 heteroatoms. The first-order chi connectivity index (χ1) is 23.3. The summed E-state index contributed by atoms with van der Waals surface area (Å²) in [5.74, 6) is -5.23. The zero-order chi connectivity index (χ0) is 38.3. The van der Waals surface area contributed by atoms with Crippen molar-refractivity contribution in [3.63, 3.8) is 0 Å². The number of carbonyl (C=O) groups is 7. The number of hydrogen-bond donors (Lipinski definition) is 9. The van der Waals surface area contributed by atoms with Crippen LogP contribution in [-0.4, -0.2) is 118 Å². The van der Waals surface area contributed by atoms with Gasteiger partial charge >= 0.3 is 5.97 Å². The van der Waals surface area contributed by atoms with E-state index in [1.807, 2.05) is 13.8 Å². The van der Waals surface area contributed by atoms with Crippen LogP contribution in [0.1, 0.15) is 93.4 Å². The van der Waals surface area contributed by atoms with E-state index < -0.39 is 89.8 Å². The monoisotopic (exact) mass is 712 g/mol. The summed E-state index contributed by atoms with van der Waals surface area (Å²) < 4.78 is 0. The molecule has 0 aromatic heterocycles. The van der Waals surface area contributed by atoms with Crippen LogP contribution in [0.15, 0.2) is 0 Å². The minimum Gasteiger partial charge on any atom is -0.480 e. The van der Waals surface area contributed by atoms with Gasteiger partial charge in [-0.2, -0.15) is 0 Å². The van der Waals surface area contributed by atoms with Crippen molar-refractivity contribution in [3.05, 3.63) is 0 Å². The van der Waals surface area contributed by atoms with Crippen molar-refractivity contribution in [1.29, 1.82) is 0 Å². The standard InChI is InChI=1S/C33H60N8O9/c1-17(2)15-23(29(45)36-20(6)28(44)38-24(16-18(3)4)30(46)40-26(21(7)42)33(49)50)39-31(47)25-12-10-14-41(25)32(48)22(11-8-9-13-34)37-27(43)19(5)35/h17-26,42H,8-16,34-35H2,1-7H3,(H,36,45)(H,37,43)(H,38,44)(H,39,47)(H,40,46)(H,49,50)/t19-,20-,21+,22-,23-,24-,25-,26-/m0/s1. The maximum Gasteiger partial charge on any atom is 0.328 e. The van der Waals surface area contributed by atoms with Gasteiger partial charge in [-0.15, -0.1) is 0 Å². The van der Waals surface area contributed by atoms with Crippen molar-refractivity contribution in [3.8, 4) is 0 Å². The first-order valence-corrected chi connectivity index (χ1v) is 17.5.